The minimum atomic E-state index is 0.0352. The maximum absolute atomic E-state index is 12.6. The summed E-state index contributed by atoms with van der Waals surface area (Å²) in [5, 5.41) is 4.06. The van der Waals surface area contributed by atoms with Gasteiger partial charge in [-0.05, 0) is 41.1 Å². The summed E-state index contributed by atoms with van der Waals surface area (Å²) in [4.78, 5) is 16.8. The van der Waals surface area contributed by atoms with Crippen LogP contribution in [0.5, 0.6) is 0 Å². The van der Waals surface area contributed by atoms with Gasteiger partial charge in [0.15, 0.2) is 0 Å². The third kappa shape index (κ3) is 4.21. The van der Waals surface area contributed by atoms with Crippen LogP contribution in [0.1, 0.15) is 15.4 Å². The van der Waals surface area contributed by atoms with E-state index in [2.05, 4.69) is 16.7 Å². The first-order valence-electron chi connectivity index (χ1n) is 7.35. The van der Waals surface area contributed by atoms with Crippen molar-refractivity contribution in [1.82, 2.24) is 9.47 Å². The Hall–Kier alpha value is -2.11. The Labute approximate surface area is 144 Å². The van der Waals surface area contributed by atoms with E-state index in [0.717, 1.165) is 10.6 Å². The zero-order chi connectivity index (χ0) is 16.1. The molecule has 0 spiro atoms. The Morgan fingerprint density at radius 1 is 1.13 bits per heavy atom. The van der Waals surface area contributed by atoms with Gasteiger partial charge < -0.3 is 9.47 Å². The van der Waals surface area contributed by atoms with E-state index in [1.807, 2.05) is 59.2 Å². The lowest BCUT2D eigenvalue weighted by atomic mass is 10.3. The molecule has 5 heteroatoms. The van der Waals surface area contributed by atoms with Crippen LogP contribution in [-0.4, -0.2) is 15.4 Å². The van der Waals surface area contributed by atoms with Gasteiger partial charge in [-0.3, -0.25) is 4.79 Å². The molecule has 3 nitrogen and oxygen atoms in total. The molecule has 0 fully saturated rings. The van der Waals surface area contributed by atoms with Crippen LogP contribution in [0.2, 0.25) is 0 Å². The van der Waals surface area contributed by atoms with Gasteiger partial charge in [0.1, 0.15) is 0 Å². The van der Waals surface area contributed by atoms with Crippen LogP contribution in [0.3, 0.4) is 0 Å². The second kappa shape index (κ2) is 7.44. The second-order valence-corrected chi connectivity index (χ2v) is 7.24. The number of carbonyl (C=O) groups excluding carboxylic acids is 1. The molecule has 3 heterocycles. The summed E-state index contributed by atoms with van der Waals surface area (Å²) in [6.07, 6.45) is 5.56. The Balaban J connectivity index is 1.76. The van der Waals surface area contributed by atoms with Crippen molar-refractivity contribution in [2.24, 2.45) is 7.05 Å². The SMILES string of the molecule is Cn1cccc1CN(Cc1cccs1)C(=O)C=Cc1cccs1. The number of nitrogens with zero attached hydrogens (tertiary/aromatic N) is 2. The summed E-state index contributed by atoms with van der Waals surface area (Å²) in [7, 11) is 2.00. The van der Waals surface area contributed by atoms with E-state index in [1.165, 1.54) is 4.88 Å². The molecular weight excluding hydrogens is 324 g/mol. The van der Waals surface area contributed by atoms with E-state index < -0.39 is 0 Å². The van der Waals surface area contributed by atoms with Crippen LogP contribution in [0.25, 0.3) is 6.08 Å². The summed E-state index contributed by atoms with van der Waals surface area (Å²) in [6.45, 7) is 1.24. The summed E-state index contributed by atoms with van der Waals surface area (Å²) >= 11 is 3.31. The Morgan fingerprint density at radius 2 is 1.96 bits per heavy atom. The minimum Gasteiger partial charge on any atom is -0.353 e. The molecule has 3 aromatic rings. The molecule has 0 N–H and O–H groups in total. The first-order chi connectivity index (χ1) is 11.2. The van der Waals surface area contributed by atoms with E-state index in [1.54, 1.807) is 28.7 Å². The Bertz CT molecular complexity index is 770. The maximum Gasteiger partial charge on any atom is 0.247 e. The Kier molecular flexibility index (Phi) is 5.10. The van der Waals surface area contributed by atoms with E-state index in [9.17, 15) is 4.79 Å². The molecular formula is C18H18N2OS2. The van der Waals surface area contributed by atoms with E-state index in [0.29, 0.717) is 13.1 Å². The number of hydrogen-bond donors (Lipinski definition) is 0. The number of rotatable bonds is 6. The van der Waals surface area contributed by atoms with Gasteiger partial charge in [-0.2, -0.15) is 0 Å². The molecule has 1 amide bonds. The highest BCUT2D eigenvalue weighted by molar-refractivity contribution is 7.10. The van der Waals surface area contributed by atoms with Crippen molar-refractivity contribution in [2.75, 3.05) is 0 Å². The number of hydrogen-bond acceptors (Lipinski definition) is 3. The molecule has 0 aliphatic rings. The molecule has 0 unspecified atom stereocenters. The molecule has 0 aromatic carbocycles. The van der Waals surface area contributed by atoms with Crippen molar-refractivity contribution in [2.45, 2.75) is 13.1 Å². The van der Waals surface area contributed by atoms with Crippen molar-refractivity contribution in [3.63, 3.8) is 0 Å². The fourth-order valence-corrected chi connectivity index (χ4v) is 3.64. The number of carbonyl (C=O) groups is 1. The normalized spacial score (nSPS) is 11.2. The third-order valence-electron chi connectivity index (χ3n) is 3.58. The molecule has 0 bridgehead atoms. The van der Waals surface area contributed by atoms with Crippen molar-refractivity contribution in [3.8, 4) is 0 Å². The van der Waals surface area contributed by atoms with Crippen LogP contribution < -0.4 is 0 Å². The molecule has 0 saturated heterocycles. The lowest BCUT2D eigenvalue weighted by molar-refractivity contribution is -0.127. The molecule has 0 atom stereocenters. The molecule has 23 heavy (non-hydrogen) atoms. The quantitative estimate of drug-likeness (QED) is 0.610. The largest absolute Gasteiger partial charge is 0.353 e. The van der Waals surface area contributed by atoms with Crippen LogP contribution >= 0.6 is 22.7 Å². The standard InChI is InChI=1S/C18H18N2OS2/c1-19-10-2-5-15(19)13-20(14-17-7-4-12-23-17)18(21)9-8-16-6-3-11-22-16/h2-12H,13-14H2,1H3. The first-order valence-corrected chi connectivity index (χ1v) is 9.11. The summed E-state index contributed by atoms with van der Waals surface area (Å²) < 4.78 is 2.05. The minimum absolute atomic E-state index is 0.0352. The predicted octanol–water partition coefficient (Wildman–Crippen LogP) is 4.39. The number of aryl methyl sites for hydroxylation is 1. The van der Waals surface area contributed by atoms with Crippen LogP contribution in [0, 0.1) is 0 Å². The van der Waals surface area contributed by atoms with Crippen molar-refractivity contribution >= 4 is 34.7 Å². The van der Waals surface area contributed by atoms with Gasteiger partial charge in [0.05, 0.1) is 13.1 Å². The summed E-state index contributed by atoms with van der Waals surface area (Å²) in [6, 6.07) is 12.1. The highest BCUT2D eigenvalue weighted by Crippen LogP contribution is 2.16. The average Bonchev–Trinajstić information content (AvgIpc) is 3.28. The first kappa shape index (κ1) is 15.8. The van der Waals surface area contributed by atoms with Crippen molar-refractivity contribution in [3.05, 3.63) is 74.9 Å². The third-order valence-corrected chi connectivity index (χ3v) is 5.27. The van der Waals surface area contributed by atoms with Gasteiger partial charge in [-0.1, -0.05) is 12.1 Å². The average molecular weight is 342 g/mol. The van der Waals surface area contributed by atoms with Gasteiger partial charge in [0.2, 0.25) is 5.91 Å². The predicted molar refractivity (Wildman–Crippen MR) is 97.3 cm³/mol. The Morgan fingerprint density at radius 3 is 2.61 bits per heavy atom. The number of amides is 1. The van der Waals surface area contributed by atoms with Crippen LogP contribution in [0.15, 0.2) is 59.4 Å². The number of aromatic nitrogens is 1. The molecule has 0 radical (unpaired) electrons. The lowest BCUT2D eigenvalue weighted by Crippen LogP contribution is -2.29. The highest BCUT2D eigenvalue weighted by Gasteiger charge is 2.14. The smallest absolute Gasteiger partial charge is 0.247 e. The zero-order valence-electron chi connectivity index (χ0n) is 12.9. The fourth-order valence-electron chi connectivity index (χ4n) is 2.30. The fraction of sp³-hybridized carbons (Fsp3) is 0.167. The highest BCUT2D eigenvalue weighted by atomic mass is 32.1. The monoisotopic (exact) mass is 342 g/mol. The van der Waals surface area contributed by atoms with Crippen LogP contribution in [-0.2, 0) is 24.9 Å². The lowest BCUT2D eigenvalue weighted by Gasteiger charge is -2.21. The summed E-state index contributed by atoms with van der Waals surface area (Å²) in [5.74, 6) is 0.0352. The molecule has 3 rings (SSSR count). The van der Waals surface area contributed by atoms with E-state index in [-0.39, 0.29) is 5.91 Å². The van der Waals surface area contributed by atoms with Gasteiger partial charge in [-0.25, -0.2) is 0 Å². The van der Waals surface area contributed by atoms with Gasteiger partial charge in [-0.15, -0.1) is 22.7 Å². The molecule has 0 aliphatic heterocycles. The molecule has 118 valence electrons. The van der Waals surface area contributed by atoms with Crippen molar-refractivity contribution in [1.29, 1.82) is 0 Å². The van der Waals surface area contributed by atoms with E-state index in [4.69, 9.17) is 0 Å². The number of thiophene rings is 2. The van der Waals surface area contributed by atoms with Crippen molar-refractivity contribution < 1.29 is 4.79 Å². The summed E-state index contributed by atoms with van der Waals surface area (Å²) in [5.41, 5.74) is 1.12. The topological polar surface area (TPSA) is 25.2 Å². The second-order valence-electron chi connectivity index (χ2n) is 5.23. The van der Waals surface area contributed by atoms with Gasteiger partial charge >= 0.3 is 0 Å². The van der Waals surface area contributed by atoms with E-state index >= 15 is 0 Å². The maximum atomic E-state index is 12.6. The van der Waals surface area contributed by atoms with Gasteiger partial charge in [0, 0.05) is 34.8 Å². The molecule has 0 saturated carbocycles. The van der Waals surface area contributed by atoms with Crippen LogP contribution in [0.4, 0.5) is 0 Å². The molecule has 0 aliphatic carbocycles. The molecule has 3 aromatic heterocycles. The zero-order valence-corrected chi connectivity index (χ0v) is 14.5. The van der Waals surface area contributed by atoms with Gasteiger partial charge in [0.25, 0.3) is 0 Å².